The topological polar surface area (TPSA) is 69.7 Å². The van der Waals surface area contributed by atoms with Crippen LogP contribution >= 0.6 is 0 Å². The lowest BCUT2D eigenvalue weighted by Gasteiger charge is -2.40. The van der Waals surface area contributed by atoms with E-state index in [4.69, 9.17) is 0 Å². The summed E-state index contributed by atoms with van der Waals surface area (Å²) < 4.78 is 14.4. The maximum Gasteiger partial charge on any atom is 0.325 e. The van der Waals surface area contributed by atoms with Crippen molar-refractivity contribution in [3.05, 3.63) is 53.9 Å². The first kappa shape index (κ1) is 21.7. The summed E-state index contributed by atoms with van der Waals surface area (Å²) in [4.78, 5) is 40.7. The number of likely N-dealkylation sites (tertiary alicyclic amines) is 1. The summed E-state index contributed by atoms with van der Waals surface area (Å²) in [6.45, 7) is 8.31. The van der Waals surface area contributed by atoms with E-state index in [0.717, 1.165) is 5.57 Å². The van der Waals surface area contributed by atoms with Crippen molar-refractivity contribution in [2.45, 2.75) is 38.6 Å². The van der Waals surface area contributed by atoms with Crippen LogP contribution in [0.4, 0.5) is 9.18 Å². The van der Waals surface area contributed by atoms with Gasteiger partial charge in [-0.1, -0.05) is 49.4 Å². The van der Waals surface area contributed by atoms with Gasteiger partial charge in [-0.05, 0) is 43.7 Å². The van der Waals surface area contributed by atoms with Gasteiger partial charge < -0.3 is 10.2 Å². The van der Waals surface area contributed by atoms with Crippen molar-refractivity contribution in [3.8, 4) is 0 Å². The first-order chi connectivity index (χ1) is 14.3. The summed E-state index contributed by atoms with van der Waals surface area (Å²) in [6.07, 6.45) is 2.74. The van der Waals surface area contributed by atoms with Crippen molar-refractivity contribution in [3.63, 3.8) is 0 Å². The minimum absolute atomic E-state index is 0.112. The van der Waals surface area contributed by atoms with Crippen LogP contribution < -0.4 is 5.32 Å². The third kappa shape index (κ3) is 4.15. The largest absolute Gasteiger partial charge is 0.337 e. The van der Waals surface area contributed by atoms with E-state index in [1.165, 1.54) is 15.9 Å². The highest BCUT2D eigenvalue weighted by Crippen LogP contribution is 2.36. The van der Waals surface area contributed by atoms with Crippen LogP contribution in [0, 0.1) is 5.92 Å². The number of carbonyl (C=O) groups is 3. The fourth-order valence-corrected chi connectivity index (χ4v) is 4.35. The highest BCUT2D eigenvalue weighted by Gasteiger charge is 2.54. The molecule has 6 nitrogen and oxygen atoms in total. The second kappa shape index (κ2) is 8.81. The van der Waals surface area contributed by atoms with Crippen LogP contribution in [0.5, 0.6) is 0 Å². The molecule has 160 valence electrons. The van der Waals surface area contributed by atoms with Gasteiger partial charge in [0.15, 0.2) is 5.83 Å². The average molecular weight is 413 g/mol. The molecule has 0 aliphatic carbocycles. The Labute approximate surface area is 176 Å². The SMILES string of the molecule is C=C(C)CN1C(=O)N[C@@](CC)(C2CCN(C(=O)/C(F)=C/c3ccccc3)CC2)C1=O. The Morgan fingerprint density at radius 3 is 2.47 bits per heavy atom. The van der Waals surface area contributed by atoms with Crippen LogP contribution in [0.25, 0.3) is 6.08 Å². The molecule has 4 amide bonds. The van der Waals surface area contributed by atoms with E-state index in [-0.39, 0.29) is 18.4 Å². The zero-order valence-corrected chi connectivity index (χ0v) is 17.5. The summed E-state index contributed by atoms with van der Waals surface area (Å²) >= 11 is 0. The van der Waals surface area contributed by atoms with Crippen LogP contribution in [0.3, 0.4) is 0 Å². The molecule has 0 aromatic heterocycles. The molecular formula is C23H28FN3O3. The fourth-order valence-electron chi connectivity index (χ4n) is 4.35. The number of amides is 4. The lowest BCUT2D eigenvalue weighted by atomic mass is 9.75. The molecule has 0 bridgehead atoms. The number of hydrogen-bond donors (Lipinski definition) is 1. The molecule has 30 heavy (non-hydrogen) atoms. The molecule has 2 aliphatic rings. The van der Waals surface area contributed by atoms with Gasteiger partial charge >= 0.3 is 6.03 Å². The Morgan fingerprint density at radius 2 is 1.90 bits per heavy atom. The number of benzene rings is 1. The van der Waals surface area contributed by atoms with E-state index in [9.17, 15) is 18.8 Å². The van der Waals surface area contributed by atoms with Crippen LogP contribution in [0.1, 0.15) is 38.7 Å². The molecule has 0 spiro atoms. The molecule has 1 atom stereocenters. The van der Waals surface area contributed by atoms with Gasteiger partial charge in [0.05, 0.1) is 6.54 Å². The van der Waals surface area contributed by atoms with Crippen molar-refractivity contribution in [2.24, 2.45) is 5.92 Å². The van der Waals surface area contributed by atoms with Gasteiger partial charge in [0, 0.05) is 13.1 Å². The highest BCUT2D eigenvalue weighted by molar-refractivity contribution is 6.07. The van der Waals surface area contributed by atoms with Gasteiger partial charge in [0.25, 0.3) is 11.8 Å². The van der Waals surface area contributed by atoms with E-state index in [2.05, 4.69) is 11.9 Å². The molecule has 7 heteroatoms. The summed E-state index contributed by atoms with van der Waals surface area (Å²) in [5, 5.41) is 2.90. The predicted molar refractivity (Wildman–Crippen MR) is 113 cm³/mol. The van der Waals surface area contributed by atoms with Crippen LogP contribution in [-0.2, 0) is 9.59 Å². The van der Waals surface area contributed by atoms with Gasteiger partial charge in [-0.2, -0.15) is 0 Å². The van der Waals surface area contributed by atoms with E-state index < -0.39 is 23.3 Å². The monoisotopic (exact) mass is 413 g/mol. The number of urea groups is 1. The third-order valence-corrected chi connectivity index (χ3v) is 5.96. The summed E-state index contributed by atoms with van der Waals surface area (Å²) in [5.74, 6) is -1.80. The number of piperidine rings is 1. The molecule has 2 fully saturated rings. The van der Waals surface area contributed by atoms with Crippen molar-refractivity contribution in [1.82, 2.24) is 15.1 Å². The fraction of sp³-hybridized carbons (Fsp3) is 0.435. The highest BCUT2D eigenvalue weighted by atomic mass is 19.1. The number of rotatable bonds is 6. The summed E-state index contributed by atoms with van der Waals surface area (Å²) in [6, 6.07) is 8.45. The molecule has 1 N–H and O–H groups in total. The van der Waals surface area contributed by atoms with E-state index in [0.29, 0.717) is 37.9 Å². The normalized spacial score (nSPS) is 23.0. The molecule has 0 unspecified atom stereocenters. The molecule has 0 radical (unpaired) electrons. The van der Waals surface area contributed by atoms with E-state index >= 15 is 0 Å². The summed E-state index contributed by atoms with van der Waals surface area (Å²) in [7, 11) is 0. The molecule has 1 aromatic carbocycles. The number of imide groups is 1. The van der Waals surface area contributed by atoms with Crippen molar-refractivity contribution >= 4 is 23.9 Å². The Bertz CT molecular complexity index is 875. The zero-order chi connectivity index (χ0) is 21.9. The predicted octanol–water partition coefficient (Wildman–Crippen LogP) is 3.51. The molecule has 0 saturated carbocycles. The number of halogens is 1. The van der Waals surface area contributed by atoms with Crippen molar-refractivity contribution in [1.29, 1.82) is 0 Å². The minimum atomic E-state index is -0.972. The Hall–Kier alpha value is -2.96. The smallest absolute Gasteiger partial charge is 0.325 e. The number of nitrogens with one attached hydrogen (secondary N) is 1. The minimum Gasteiger partial charge on any atom is -0.337 e. The lowest BCUT2D eigenvalue weighted by Crippen LogP contribution is -2.56. The summed E-state index contributed by atoms with van der Waals surface area (Å²) in [5.41, 5.74) is 0.381. The van der Waals surface area contributed by atoms with Crippen LogP contribution in [0.15, 0.2) is 48.3 Å². The van der Waals surface area contributed by atoms with Gasteiger partial charge in [0.2, 0.25) is 0 Å². The van der Waals surface area contributed by atoms with Gasteiger partial charge in [0.1, 0.15) is 5.54 Å². The maximum atomic E-state index is 14.4. The Kier molecular flexibility index (Phi) is 6.39. The molecule has 2 saturated heterocycles. The quantitative estimate of drug-likeness (QED) is 0.441. The Morgan fingerprint density at radius 1 is 1.27 bits per heavy atom. The molecule has 1 aromatic rings. The lowest BCUT2D eigenvalue weighted by molar-refractivity contribution is -0.135. The number of carbonyl (C=O) groups excluding carboxylic acids is 3. The molecule has 2 heterocycles. The number of nitrogens with zero attached hydrogens (tertiary/aromatic N) is 2. The number of hydrogen-bond acceptors (Lipinski definition) is 3. The standard InChI is InChI=1S/C23H28FN3O3/c1-4-23(21(29)27(15-16(2)3)22(30)25-23)18-10-12-26(13-11-18)20(28)19(24)14-17-8-6-5-7-9-17/h5-9,14,18H,2,4,10-13,15H2,1,3H3,(H,25,30)/b19-14-/t23-/m0/s1. The van der Waals surface area contributed by atoms with Gasteiger partial charge in [-0.15, -0.1) is 0 Å². The van der Waals surface area contributed by atoms with Crippen molar-refractivity contribution in [2.75, 3.05) is 19.6 Å². The van der Waals surface area contributed by atoms with Crippen molar-refractivity contribution < 1.29 is 18.8 Å². The van der Waals surface area contributed by atoms with Gasteiger partial charge in [-0.3, -0.25) is 14.5 Å². The molecule has 3 rings (SSSR count). The van der Waals surface area contributed by atoms with Gasteiger partial charge in [-0.25, -0.2) is 9.18 Å². The Balaban J connectivity index is 1.67. The third-order valence-electron chi connectivity index (χ3n) is 5.96. The zero-order valence-electron chi connectivity index (χ0n) is 17.5. The molecule has 2 aliphatic heterocycles. The second-order valence-electron chi connectivity index (χ2n) is 8.07. The van der Waals surface area contributed by atoms with E-state index in [1.54, 1.807) is 31.2 Å². The van der Waals surface area contributed by atoms with Crippen LogP contribution in [0.2, 0.25) is 0 Å². The average Bonchev–Trinajstić information content (AvgIpc) is 2.98. The first-order valence-electron chi connectivity index (χ1n) is 10.3. The molecular weight excluding hydrogens is 385 g/mol. The van der Waals surface area contributed by atoms with Crippen LogP contribution in [-0.4, -0.2) is 52.8 Å². The second-order valence-corrected chi connectivity index (χ2v) is 8.07. The maximum absolute atomic E-state index is 14.4. The van der Waals surface area contributed by atoms with E-state index in [1.807, 2.05) is 13.0 Å². The first-order valence-corrected chi connectivity index (χ1v) is 10.3.